The number of alkyl halides is 3. The lowest BCUT2D eigenvalue weighted by Gasteiger charge is -2.10. The maximum atomic E-state index is 12.3. The molecule has 0 aliphatic carbocycles. The minimum atomic E-state index is -4.39. The van der Waals surface area contributed by atoms with Crippen LogP contribution in [0.1, 0.15) is 0 Å². The predicted octanol–water partition coefficient (Wildman–Crippen LogP) is 3.39. The van der Waals surface area contributed by atoms with Gasteiger partial charge in [-0.15, -0.1) is 11.3 Å². The van der Waals surface area contributed by atoms with E-state index >= 15 is 0 Å². The van der Waals surface area contributed by atoms with Gasteiger partial charge in [-0.05, 0) is 35.7 Å². The largest absolute Gasteiger partial charge is 0.484 e. The second-order valence-corrected chi connectivity index (χ2v) is 5.38. The van der Waals surface area contributed by atoms with E-state index in [1.807, 2.05) is 0 Å². The molecule has 0 aliphatic rings. The summed E-state index contributed by atoms with van der Waals surface area (Å²) in [6, 6.07) is 7.51. The normalized spacial score (nSPS) is 11.8. The average molecular weight is 326 g/mol. The molecule has 0 amide bonds. The number of fused-ring (bicyclic) bond motifs is 1. The number of thiophene rings is 1. The fourth-order valence-corrected chi connectivity index (χ4v) is 2.69. The average Bonchev–Trinajstić information content (AvgIpc) is 2.95. The molecule has 2 heterocycles. The highest BCUT2D eigenvalue weighted by Crippen LogP contribution is 2.20. The third-order valence-corrected chi connectivity index (χ3v) is 3.80. The van der Waals surface area contributed by atoms with E-state index in [9.17, 15) is 18.0 Å². The lowest BCUT2D eigenvalue weighted by atomic mass is 10.3. The van der Waals surface area contributed by atoms with Gasteiger partial charge in [0.05, 0.1) is 11.9 Å². The number of aromatic nitrogens is 2. The van der Waals surface area contributed by atoms with E-state index in [1.54, 1.807) is 17.6 Å². The van der Waals surface area contributed by atoms with Gasteiger partial charge in [0.1, 0.15) is 10.4 Å². The Morgan fingerprint density at radius 2 is 1.91 bits per heavy atom. The molecule has 0 saturated heterocycles. The summed E-state index contributed by atoms with van der Waals surface area (Å²) in [4.78, 5) is 12.3. The summed E-state index contributed by atoms with van der Waals surface area (Å²) in [6.07, 6.45) is -2.82. The summed E-state index contributed by atoms with van der Waals surface area (Å²) in [5.41, 5.74) is 0.191. The van der Waals surface area contributed by atoms with E-state index in [2.05, 4.69) is 9.84 Å². The van der Waals surface area contributed by atoms with E-state index in [1.165, 1.54) is 40.3 Å². The number of halogens is 3. The van der Waals surface area contributed by atoms with Gasteiger partial charge in [-0.1, -0.05) is 0 Å². The zero-order valence-electron chi connectivity index (χ0n) is 11.0. The zero-order valence-corrected chi connectivity index (χ0v) is 11.8. The molecule has 0 radical (unpaired) electrons. The molecule has 0 saturated carbocycles. The van der Waals surface area contributed by atoms with E-state index in [0.29, 0.717) is 10.4 Å². The standard InChI is InChI=1S/C14H9F3N2O2S/c15-14(16,17)8-21-11-3-1-10(2-4-11)19-13(20)12-9(7-18-19)5-6-22-12/h1-7H,8H2. The summed E-state index contributed by atoms with van der Waals surface area (Å²) < 4.78 is 42.6. The first-order valence-corrected chi connectivity index (χ1v) is 7.07. The van der Waals surface area contributed by atoms with Crippen molar-refractivity contribution < 1.29 is 17.9 Å². The van der Waals surface area contributed by atoms with Gasteiger partial charge in [0.2, 0.25) is 0 Å². The Kier molecular flexibility index (Phi) is 3.61. The summed E-state index contributed by atoms with van der Waals surface area (Å²) in [7, 11) is 0. The van der Waals surface area contributed by atoms with Crippen LogP contribution < -0.4 is 10.3 Å². The Hall–Kier alpha value is -2.35. The molecular formula is C14H9F3N2O2S. The molecule has 4 nitrogen and oxygen atoms in total. The molecule has 3 rings (SSSR count). The molecule has 8 heteroatoms. The molecule has 0 bridgehead atoms. The molecule has 0 spiro atoms. The molecule has 22 heavy (non-hydrogen) atoms. The number of ether oxygens (including phenoxy) is 1. The van der Waals surface area contributed by atoms with Crippen molar-refractivity contribution in [1.82, 2.24) is 9.78 Å². The molecule has 0 unspecified atom stereocenters. The van der Waals surface area contributed by atoms with Crippen LogP contribution in [0.3, 0.4) is 0 Å². The Balaban J connectivity index is 1.88. The van der Waals surface area contributed by atoms with Gasteiger partial charge < -0.3 is 4.74 Å². The van der Waals surface area contributed by atoms with Crippen LogP contribution in [0.4, 0.5) is 13.2 Å². The van der Waals surface area contributed by atoms with Crippen LogP contribution in [0.5, 0.6) is 5.75 Å². The van der Waals surface area contributed by atoms with Crippen LogP contribution >= 0.6 is 11.3 Å². The van der Waals surface area contributed by atoms with Crippen molar-refractivity contribution in [3.05, 3.63) is 52.3 Å². The number of rotatable bonds is 3. The monoisotopic (exact) mass is 326 g/mol. The Labute approximate surface area is 126 Å². The zero-order chi connectivity index (χ0) is 15.7. The number of benzene rings is 1. The fraction of sp³-hybridized carbons (Fsp3) is 0.143. The quantitative estimate of drug-likeness (QED) is 0.741. The third-order valence-electron chi connectivity index (χ3n) is 2.88. The lowest BCUT2D eigenvalue weighted by molar-refractivity contribution is -0.153. The van der Waals surface area contributed by atoms with Crippen molar-refractivity contribution in [3.8, 4) is 11.4 Å². The maximum Gasteiger partial charge on any atom is 0.422 e. The minimum Gasteiger partial charge on any atom is -0.484 e. The number of hydrogen-bond acceptors (Lipinski definition) is 4. The van der Waals surface area contributed by atoms with Gasteiger partial charge in [-0.3, -0.25) is 4.79 Å². The molecule has 0 atom stereocenters. The first kappa shape index (κ1) is 14.6. The molecule has 114 valence electrons. The highest BCUT2D eigenvalue weighted by Gasteiger charge is 2.28. The predicted molar refractivity (Wildman–Crippen MR) is 76.8 cm³/mol. The molecule has 0 N–H and O–H groups in total. The molecule has 1 aromatic carbocycles. The fourth-order valence-electron chi connectivity index (χ4n) is 1.90. The van der Waals surface area contributed by atoms with Crippen LogP contribution in [0.2, 0.25) is 0 Å². The van der Waals surface area contributed by atoms with Crippen molar-refractivity contribution in [1.29, 1.82) is 0 Å². The Morgan fingerprint density at radius 1 is 1.18 bits per heavy atom. The first-order chi connectivity index (χ1) is 10.4. The van der Waals surface area contributed by atoms with Crippen molar-refractivity contribution >= 4 is 21.4 Å². The van der Waals surface area contributed by atoms with Crippen molar-refractivity contribution in [3.63, 3.8) is 0 Å². The summed E-state index contributed by atoms with van der Waals surface area (Å²) in [5.74, 6) is 0.0753. The van der Waals surface area contributed by atoms with E-state index in [0.717, 1.165) is 5.39 Å². The van der Waals surface area contributed by atoms with Crippen LogP contribution in [-0.4, -0.2) is 22.6 Å². The smallest absolute Gasteiger partial charge is 0.422 e. The summed E-state index contributed by atoms with van der Waals surface area (Å²) >= 11 is 1.31. The van der Waals surface area contributed by atoms with Gasteiger partial charge in [-0.2, -0.15) is 23.0 Å². The first-order valence-electron chi connectivity index (χ1n) is 6.19. The van der Waals surface area contributed by atoms with Crippen molar-refractivity contribution in [2.75, 3.05) is 6.61 Å². The van der Waals surface area contributed by atoms with E-state index in [-0.39, 0.29) is 11.3 Å². The van der Waals surface area contributed by atoms with E-state index in [4.69, 9.17) is 0 Å². The number of nitrogens with zero attached hydrogens (tertiary/aromatic N) is 2. The summed E-state index contributed by atoms with van der Waals surface area (Å²) in [5, 5.41) is 6.61. The maximum absolute atomic E-state index is 12.3. The summed E-state index contributed by atoms with van der Waals surface area (Å²) in [6.45, 7) is -1.36. The van der Waals surface area contributed by atoms with Gasteiger partial charge >= 0.3 is 6.18 Å². The second-order valence-electron chi connectivity index (χ2n) is 4.46. The Bertz CT molecular complexity index is 853. The lowest BCUT2D eigenvalue weighted by Crippen LogP contribution is -2.20. The van der Waals surface area contributed by atoms with Gasteiger partial charge in [0.25, 0.3) is 5.56 Å². The minimum absolute atomic E-state index is 0.0753. The van der Waals surface area contributed by atoms with Gasteiger partial charge in [0.15, 0.2) is 6.61 Å². The van der Waals surface area contributed by atoms with Crippen LogP contribution in [0.25, 0.3) is 15.8 Å². The van der Waals surface area contributed by atoms with Crippen LogP contribution in [-0.2, 0) is 0 Å². The molecular weight excluding hydrogens is 317 g/mol. The Morgan fingerprint density at radius 3 is 2.59 bits per heavy atom. The SMILES string of the molecule is O=c1c2sccc2cnn1-c1ccc(OCC(F)(F)F)cc1. The van der Waals surface area contributed by atoms with Crippen molar-refractivity contribution in [2.45, 2.75) is 6.18 Å². The molecule has 3 aromatic rings. The molecule has 0 aliphatic heterocycles. The van der Waals surface area contributed by atoms with Gasteiger partial charge in [-0.25, -0.2) is 0 Å². The van der Waals surface area contributed by atoms with Crippen LogP contribution in [0.15, 0.2) is 46.7 Å². The second kappa shape index (κ2) is 5.45. The number of hydrogen-bond donors (Lipinski definition) is 0. The van der Waals surface area contributed by atoms with Gasteiger partial charge in [0, 0.05) is 5.39 Å². The topological polar surface area (TPSA) is 44.1 Å². The van der Waals surface area contributed by atoms with Crippen LogP contribution in [0, 0.1) is 0 Å². The third kappa shape index (κ3) is 2.96. The molecule has 2 aromatic heterocycles. The molecule has 0 fully saturated rings. The highest BCUT2D eigenvalue weighted by atomic mass is 32.1. The highest BCUT2D eigenvalue weighted by molar-refractivity contribution is 7.17. The van der Waals surface area contributed by atoms with E-state index < -0.39 is 12.8 Å². The van der Waals surface area contributed by atoms with Crippen molar-refractivity contribution in [2.24, 2.45) is 0 Å².